The number of aryl methyl sites for hydroxylation is 2. The van der Waals surface area contributed by atoms with Crippen molar-refractivity contribution in [1.82, 2.24) is 9.88 Å². The number of carboxylic acids is 1. The van der Waals surface area contributed by atoms with Gasteiger partial charge in [0.1, 0.15) is 0 Å². The number of aromatic nitrogens is 1. The van der Waals surface area contributed by atoms with Gasteiger partial charge < -0.3 is 10.0 Å². The van der Waals surface area contributed by atoms with E-state index in [1.807, 2.05) is 12.3 Å². The van der Waals surface area contributed by atoms with Gasteiger partial charge in [0, 0.05) is 24.9 Å². The Morgan fingerprint density at radius 2 is 2.00 bits per heavy atom. The SMILES string of the molecule is O=C(O)C1CCCN(CCC=C2c3ccccc3CCc3cccnc32)C1. The van der Waals surface area contributed by atoms with Gasteiger partial charge in [0.15, 0.2) is 0 Å². The maximum absolute atomic E-state index is 11.3. The van der Waals surface area contributed by atoms with Gasteiger partial charge in [-0.1, -0.05) is 36.4 Å². The molecule has 1 aromatic carbocycles. The Morgan fingerprint density at radius 1 is 1.19 bits per heavy atom. The Balaban J connectivity index is 1.56. The normalized spacial score (nSPS) is 21.3. The third-order valence-electron chi connectivity index (χ3n) is 5.77. The van der Waals surface area contributed by atoms with Crippen LogP contribution in [0.25, 0.3) is 5.57 Å². The van der Waals surface area contributed by atoms with Crippen LogP contribution in [-0.4, -0.2) is 40.6 Å². The summed E-state index contributed by atoms with van der Waals surface area (Å²) in [6, 6.07) is 12.8. The standard InChI is InChI=1S/C23H26N2O2/c26-23(27)19-8-4-14-25(16-19)15-5-10-21-20-9-2-1-6-17(20)11-12-18-7-3-13-24-22(18)21/h1-3,6-7,9-10,13,19H,4-5,8,11-12,14-16H2,(H,26,27). The Kier molecular flexibility index (Phi) is 5.35. The number of carbonyl (C=O) groups is 1. The van der Waals surface area contributed by atoms with E-state index in [1.54, 1.807) is 0 Å². The molecule has 1 N–H and O–H groups in total. The van der Waals surface area contributed by atoms with E-state index in [2.05, 4.69) is 41.3 Å². The number of aliphatic carboxylic acids is 1. The smallest absolute Gasteiger partial charge is 0.307 e. The average molecular weight is 362 g/mol. The predicted octanol–water partition coefficient (Wildman–Crippen LogP) is 3.80. The molecule has 2 heterocycles. The zero-order chi connectivity index (χ0) is 18.6. The summed E-state index contributed by atoms with van der Waals surface area (Å²) in [4.78, 5) is 18.3. The highest BCUT2D eigenvalue weighted by atomic mass is 16.4. The van der Waals surface area contributed by atoms with Crippen LogP contribution in [0, 0.1) is 5.92 Å². The molecule has 4 nitrogen and oxygen atoms in total. The lowest BCUT2D eigenvalue weighted by molar-refractivity contribution is -0.143. The van der Waals surface area contributed by atoms with Gasteiger partial charge in [-0.15, -0.1) is 0 Å². The molecule has 1 aliphatic heterocycles. The summed E-state index contributed by atoms with van der Waals surface area (Å²) in [7, 11) is 0. The summed E-state index contributed by atoms with van der Waals surface area (Å²) in [6.07, 6.45) is 8.93. The van der Waals surface area contributed by atoms with Gasteiger partial charge in [-0.25, -0.2) is 0 Å². The fourth-order valence-electron chi connectivity index (χ4n) is 4.34. The topological polar surface area (TPSA) is 53.4 Å². The Morgan fingerprint density at radius 3 is 2.89 bits per heavy atom. The number of rotatable bonds is 4. The Hall–Kier alpha value is -2.46. The number of nitrogens with zero attached hydrogens (tertiary/aromatic N) is 2. The van der Waals surface area contributed by atoms with Crippen molar-refractivity contribution in [3.05, 3.63) is 71.1 Å². The van der Waals surface area contributed by atoms with Crippen molar-refractivity contribution in [3.8, 4) is 0 Å². The highest BCUT2D eigenvalue weighted by molar-refractivity contribution is 5.82. The van der Waals surface area contributed by atoms with E-state index < -0.39 is 5.97 Å². The molecular formula is C23H26N2O2. The van der Waals surface area contributed by atoms with Crippen molar-refractivity contribution < 1.29 is 9.90 Å². The maximum Gasteiger partial charge on any atom is 0.307 e. The molecule has 1 atom stereocenters. The van der Waals surface area contributed by atoms with Gasteiger partial charge in [-0.3, -0.25) is 9.78 Å². The van der Waals surface area contributed by atoms with Crippen molar-refractivity contribution in [2.45, 2.75) is 32.1 Å². The number of pyridine rings is 1. The molecule has 4 heteroatoms. The molecule has 0 saturated carbocycles. The van der Waals surface area contributed by atoms with E-state index in [-0.39, 0.29) is 5.92 Å². The monoisotopic (exact) mass is 362 g/mol. The quantitative estimate of drug-likeness (QED) is 0.899. The van der Waals surface area contributed by atoms with Crippen LogP contribution >= 0.6 is 0 Å². The first kappa shape index (κ1) is 17.9. The largest absolute Gasteiger partial charge is 0.481 e. The van der Waals surface area contributed by atoms with Crippen molar-refractivity contribution >= 4 is 11.5 Å². The second-order valence-electron chi connectivity index (χ2n) is 7.55. The van der Waals surface area contributed by atoms with Gasteiger partial charge in [-0.05, 0) is 61.4 Å². The van der Waals surface area contributed by atoms with Crippen molar-refractivity contribution in [1.29, 1.82) is 0 Å². The first-order valence-corrected chi connectivity index (χ1v) is 9.90. The summed E-state index contributed by atoms with van der Waals surface area (Å²) in [6.45, 7) is 2.57. The van der Waals surface area contributed by atoms with Crippen LogP contribution in [0.3, 0.4) is 0 Å². The van der Waals surface area contributed by atoms with Crippen molar-refractivity contribution in [3.63, 3.8) is 0 Å². The van der Waals surface area contributed by atoms with E-state index >= 15 is 0 Å². The molecule has 1 aromatic heterocycles. The molecule has 0 spiro atoms. The van der Waals surface area contributed by atoms with Gasteiger partial charge in [0.05, 0.1) is 11.6 Å². The molecule has 1 unspecified atom stereocenters. The Bertz CT molecular complexity index is 809. The number of carboxylic acid groups (broad SMARTS) is 1. The molecule has 4 rings (SSSR count). The molecule has 2 aromatic rings. The lowest BCUT2D eigenvalue weighted by atomic mass is 9.96. The van der Waals surface area contributed by atoms with Crippen LogP contribution in [0.15, 0.2) is 48.7 Å². The number of benzene rings is 1. The molecule has 0 radical (unpaired) electrons. The first-order chi connectivity index (χ1) is 13.2. The van der Waals surface area contributed by atoms with Crippen LogP contribution in [0.1, 0.15) is 41.6 Å². The summed E-state index contributed by atoms with van der Waals surface area (Å²) in [5, 5.41) is 9.29. The summed E-state index contributed by atoms with van der Waals surface area (Å²) in [5.74, 6) is -0.874. The van der Waals surface area contributed by atoms with E-state index in [0.29, 0.717) is 6.54 Å². The second kappa shape index (κ2) is 8.05. The van der Waals surface area contributed by atoms with E-state index in [4.69, 9.17) is 4.98 Å². The third-order valence-corrected chi connectivity index (χ3v) is 5.77. The zero-order valence-corrected chi connectivity index (χ0v) is 15.6. The van der Waals surface area contributed by atoms with Crippen LogP contribution < -0.4 is 0 Å². The van der Waals surface area contributed by atoms with E-state index in [0.717, 1.165) is 50.9 Å². The minimum Gasteiger partial charge on any atom is -0.481 e. The minimum atomic E-state index is -0.658. The maximum atomic E-state index is 11.3. The number of piperidine rings is 1. The molecule has 1 fully saturated rings. The first-order valence-electron chi connectivity index (χ1n) is 9.90. The van der Waals surface area contributed by atoms with Crippen LogP contribution in [0.4, 0.5) is 0 Å². The summed E-state index contributed by atoms with van der Waals surface area (Å²) >= 11 is 0. The van der Waals surface area contributed by atoms with Crippen LogP contribution in [-0.2, 0) is 17.6 Å². The molecule has 27 heavy (non-hydrogen) atoms. The van der Waals surface area contributed by atoms with Crippen LogP contribution in [0.5, 0.6) is 0 Å². The summed E-state index contributed by atoms with van der Waals surface area (Å²) < 4.78 is 0. The second-order valence-corrected chi connectivity index (χ2v) is 7.55. The fraction of sp³-hybridized carbons (Fsp3) is 0.391. The number of hydrogen-bond donors (Lipinski definition) is 1. The highest BCUT2D eigenvalue weighted by Gasteiger charge is 2.25. The minimum absolute atomic E-state index is 0.215. The fourth-order valence-corrected chi connectivity index (χ4v) is 4.34. The van der Waals surface area contributed by atoms with Gasteiger partial charge in [-0.2, -0.15) is 0 Å². The molecule has 0 bridgehead atoms. The molecule has 140 valence electrons. The lowest BCUT2D eigenvalue weighted by Crippen LogP contribution is -2.39. The third kappa shape index (κ3) is 3.96. The van der Waals surface area contributed by atoms with E-state index in [9.17, 15) is 9.90 Å². The predicted molar refractivity (Wildman–Crippen MR) is 107 cm³/mol. The van der Waals surface area contributed by atoms with Gasteiger partial charge in [0.2, 0.25) is 0 Å². The van der Waals surface area contributed by atoms with Crippen molar-refractivity contribution in [2.24, 2.45) is 5.92 Å². The number of hydrogen-bond acceptors (Lipinski definition) is 3. The van der Waals surface area contributed by atoms with Gasteiger partial charge in [0.25, 0.3) is 0 Å². The lowest BCUT2D eigenvalue weighted by Gasteiger charge is -2.30. The molecule has 1 saturated heterocycles. The Labute approximate surface area is 160 Å². The molecule has 2 aliphatic rings. The molecular weight excluding hydrogens is 336 g/mol. The number of likely N-dealkylation sites (tertiary alicyclic amines) is 1. The van der Waals surface area contributed by atoms with Crippen LogP contribution in [0.2, 0.25) is 0 Å². The number of fused-ring (bicyclic) bond motifs is 2. The highest BCUT2D eigenvalue weighted by Crippen LogP contribution is 2.32. The zero-order valence-electron chi connectivity index (χ0n) is 15.6. The summed E-state index contributed by atoms with van der Waals surface area (Å²) in [5.41, 5.74) is 6.31. The average Bonchev–Trinajstić information content (AvgIpc) is 2.86. The molecule has 1 aliphatic carbocycles. The van der Waals surface area contributed by atoms with Crippen molar-refractivity contribution in [2.75, 3.05) is 19.6 Å². The molecule has 0 amide bonds. The van der Waals surface area contributed by atoms with E-state index in [1.165, 1.54) is 22.3 Å². The van der Waals surface area contributed by atoms with Gasteiger partial charge >= 0.3 is 5.97 Å².